The molecule has 0 saturated carbocycles. The van der Waals surface area contributed by atoms with Crippen LogP contribution in [0.15, 0.2) is 48.5 Å². The van der Waals surface area contributed by atoms with Gasteiger partial charge in [-0.05, 0) is 36.8 Å². The number of carbonyl (C=O) groups excluding carboxylic acids is 1. The minimum Gasteiger partial charge on any atom is -0.484 e. The maximum absolute atomic E-state index is 11.8. The molecule has 2 rings (SSSR count). The number of nitrogens with one attached hydrogen (secondary N) is 1. The van der Waals surface area contributed by atoms with Gasteiger partial charge in [-0.2, -0.15) is 0 Å². The van der Waals surface area contributed by atoms with Gasteiger partial charge >= 0.3 is 0 Å². The van der Waals surface area contributed by atoms with Crippen molar-refractivity contribution < 1.29 is 14.6 Å². The van der Waals surface area contributed by atoms with Crippen molar-refractivity contribution in [1.29, 1.82) is 0 Å². The van der Waals surface area contributed by atoms with E-state index in [4.69, 9.17) is 16.3 Å². The van der Waals surface area contributed by atoms with Gasteiger partial charge in [0.25, 0.3) is 5.91 Å². The van der Waals surface area contributed by atoms with Crippen LogP contribution in [0.25, 0.3) is 0 Å². The Labute approximate surface area is 128 Å². The van der Waals surface area contributed by atoms with Gasteiger partial charge in [0, 0.05) is 0 Å². The monoisotopic (exact) mass is 305 g/mol. The van der Waals surface area contributed by atoms with Gasteiger partial charge in [0.1, 0.15) is 5.75 Å². The summed E-state index contributed by atoms with van der Waals surface area (Å²) < 4.78 is 5.38. The molecule has 0 saturated heterocycles. The van der Waals surface area contributed by atoms with E-state index in [9.17, 15) is 9.90 Å². The number of anilines is 1. The van der Waals surface area contributed by atoms with Gasteiger partial charge in [-0.3, -0.25) is 4.79 Å². The molecule has 5 heteroatoms. The zero-order valence-corrected chi connectivity index (χ0v) is 12.3. The first-order chi connectivity index (χ1) is 10.1. The van der Waals surface area contributed by atoms with Crippen molar-refractivity contribution in [3.8, 4) is 5.75 Å². The van der Waals surface area contributed by atoms with Crippen molar-refractivity contribution in [2.45, 2.75) is 13.0 Å². The summed E-state index contributed by atoms with van der Waals surface area (Å²) >= 11 is 5.95. The number of halogens is 1. The van der Waals surface area contributed by atoms with Crippen LogP contribution in [-0.2, 0) is 4.79 Å². The molecule has 0 radical (unpaired) electrons. The molecule has 110 valence electrons. The topological polar surface area (TPSA) is 58.6 Å². The first-order valence-corrected chi connectivity index (χ1v) is 6.89. The Morgan fingerprint density at radius 3 is 2.52 bits per heavy atom. The van der Waals surface area contributed by atoms with Gasteiger partial charge in [0.15, 0.2) is 6.61 Å². The Hall–Kier alpha value is -2.04. The van der Waals surface area contributed by atoms with Gasteiger partial charge < -0.3 is 15.2 Å². The van der Waals surface area contributed by atoms with Crippen LogP contribution >= 0.6 is 11.6 Å². The Morgan fingerprint density at radius 2 is 1.90 bits per heavy atom. The van der Waals surface area contributed by atoms with Gasteiger partial charge in [0.2, 0.25) is 0 Å². The summed E-state index contributed by atoms with van der Waals surface area (Å²) in [4.78, 5) is 11.8. The number of aliphatic hydroxyl groups is 1. The van der Waals surface area contributed by atoms with Crippen LogP contribution in [0, 0.1) is 0 Å². The molecule has 1 amide bonds. The third kappa shape index (κ3) is 4.48. The molecular weight excluding hydrogens is 290 g/mol. The van der Waals surface area contributed by atoms with Gasteiger partial charge in [-0.25, -0.2) is 0 Å². The normalized spacial score (nSPS) is 11.8. The van der Waals surface area contributed by atoms with E-state index in [0.29, 0.717) is 16.5 Å². The molecule has 21 heavy (non-hydrogen) atoms. The predicted octanol–water partition coefficient (Wildman–Crippen LogP) is 3.41. The van der Waals surface area contributed by atoms with Crippen molar-refractivity contribution >= 4 is 23.2 Å². The zero-order valence-electron chi connectivity index (χ0n) is 11.5. The summed E-state index contributed by atoms with van der Waals surface area (Å²) in [7, 11) is 0. The molecule has 4 nitrogen and oxygen atoms in total. The van der Waals surface area contributed by atoms with Crippen LogP contribution in [0.5, 0.6) is 5.75 Å². The molecule has 0 heterocycles. The second-order valence-corrected chi connectivity index (χ2v) is 4.97. The second kappa shape index (κ2) is 7.11. The van der Waals surface area contributed by atoms with Gasteiger partial charge in [0.05, 0.1) is 16.8 Å². The molecule has 2 aromatic rings. The lowest BCUT2D eigenvalue weighted by Gasteiger charge is -2.09. The van der Waals surface area contributed by atoms with Crippen LogP contribution in [0.2, 0.25) is 5.02 Å². The van der Waals surface area contributed by atoms with E-state index in [1.165, 1.54) is 0 Å². The highest BCUT2D eigenvalue weighted by Gasteiger charge is 2.07. The number of aliphatic hydroxyl groups excluding tert-OH is 1. The Balaban J connectivity index is 1.88. The molecule has 2 N–H and O–H groups in total. The van der Waals surface area contributed by atoms with E-state index in [0.717, 1.165) is 5.56 Å². The average molecular weight is 306 g/mol. The quantitative estimate of drug-likeness (QED) is 0.890. The van der Waals surface area contributed by atoms with E-state index >= 15 is 0 Å². The van der Waals surface area contributed by atoms with Crippen LogP contribution in [0.3, 0.4) is 0 Å². The summed E-state index contributed by atoms with van der Waals surface area (Å²) in [5.41, 5.74) is 1.35. The predicted molar refractivity (Wildman–Crippen MR) is 82.7 cm³/mol. The standard InChI is InChI=1S/C16H16ClNO3/c1-11(19)12-6-8-13(9-7-12)21-10-16(20)18-15-5-3-2-4-14(15)17/h2-9,11,19H,10H2,1H3,(H,18,20)/t11-/m0/s1. The Bertz CT molecular complexity index is 611. The Morgan fingerprint density at radius 1 is 1.24 bits per heavy atom. The number of hydrogen-bond acceptors (Lipinski definition) is 3. The van der Waals surface area contributed by atoms with E-state index in [1.54, 1.807) is 55.5 Å². The molecule has 0 aliphatic rings. The van der Waals surface area contributed by atoms with Crippen molar-refractivity contribution in [2.24, 2.45) is 0 Å². The van der Waals surface area contributed by atoms with Crippen LogP contribution in [0.1, 0.15) is 18.6 Å². The lowest BCUT2D eigenvalue weighted by Crippen LogP contribution is -2.20. The molecule has 0 unspecified atom stereocenters. The van der Waals surface area contributed by atoms with Crippen LogP contribution in [-0.4, -0.2) is 17.6 Å². The molecule has 0 aromatic heterocycles. The molecule has 0 fully saturated rings. The number of rotatable bonds is 5. The smallest absolute Gasteiger partial charge is 0.262 e. The molecule has 2 aromatic carbocycles. The molecular formula is C16H16ClNO3. The van der Waals surface area contributed by atoms with Crippen molar-refractivity contribution in [2.75, 3.05) is 11.9 Å². The molecule has 0 bridgehead atoms. The fourth-order valence-electron chi connectivity index (χ4n) is 1.74. The highest BCUT2D eigenvalue weighted by Crippen LogP contribution is 2.20. The molecule has 1 atom stereocenters. The maximum atomic E-state index is 11.8. The first kappa shape index (κ1) is 15.4. The molecule has 0 spiro atoms. The van der Waals surface area contributed by atoms with Crippen LogP contribution < -0.4 is 10.1 Å². The number of amides is 1. The SMILES string of the molecule is C[C@H](O)c1ccc(OCC(=O)Nc2ccccc2Cl)cc1. The fourth-order valence-corrected chi connectivity index (χ4v) is 1.92. The second-order valence-electron chi connectivity index (χ2n) is 4.56. The van der Waals surface area contributed by atoms with Crippen molar-refractivity contribution in [3.63, 3.8) is 0 Å². The summed E-state index contributed by atoms with van der Waals surface area (Å²) in [5, 5.41) is 12.6. The summed E-state index contributed by atoms with van der Waals surface area (Å²) in [5.74, 6) is 0.274. The van der Waals surface area contributed by atoms with E-state index in [2.05, 4.69) is 5.32 Å². The Kier molecular flexibility index (Phi) is 5.20. The number of hydrogen-bond donors (Lipinski definition) is 2. The minimum atomic E-state index is -0.525. The summed E-state index contributed by atoms with van der Waals surface area (Å²) in [6.45, 7) is 1.58. The summed E-state index contributed by atoms with van der Waals surface area (Å²) in [6.07, 6.45) is -0.525. The third-order valence-electron chi connectivity index (χ3n) is 2.88. The average Bonchev–Trinajstić information content (AvgIpc) is 2.48. The van der Waals surface area contributed by atoms with E-state index in [1.807, 2.05) is 0 Å². The third-order valence-corrected chi connectivity index (χ3v) is 3.21. The number of ether oxygens (including phenoxy) is 1. The van der Waals surface area contributed by atoms with Crippen LogP contribution in [0.4, 0.5) is 5.69 Å². The zero-order chi connectivity index (χ0) is 15.2. The molecule has 0 aliphatic carbocycles. The molecule has 0 aliphatic heterocycles. The lowest BCUT2D eigenvalue weighted by molar-refractivity contribution is -0.118. The number of carbonyl (C=O) groups is 1. The highest BCUT2D eigenvalue weighted by molar-refractivity contribution is 6.33. The van der Waals surface area contributed by atoms with E-state index < -0.39 is 6.10 Å². The van der Waals surface area contributed by atoms with Crippen molar-refractivity contribution in [3.05, 3.63) is 59.1 Å². The fraction of sp³-hybridized carbons (Fsp3) is 0.188. The first-order valence-electron chi connectivity index (χ1n) is 6.51. The number of para-hydroxylation sites is 1. The highest BCUT2D eigenvalue weighted by atomic mass is 35.5. The number of benzene rings is 2. The maximum Gasteiger partial charge on any atom is 0.262 e. The lowest BCUT2D eigenvalue weighted by atomic mass is 10.1. The van der Waals surface area contributed by atoms with E-state index in [-0.39, 0.29) is 12.5 Å². The van der Waals surface area contributed by atoms with Gasteiger partial charge in [-0.1, -0.05) is 35.9 Å². The summed E-state index contributed by atoms with van der Waals surface area (Å²) in [6, 6.07) is 13.9. The van der Waals surface area contributed by atoms with Gasteiger partial charge in [-0.15, -0.1) is 0 Å². The largest absolute Gasteiger partial charge is 0.484 e. The minimum absolute atomic E-state index is 0.112. The van der Waals surface area contributed by atoms with Crippen molar-refractivity contribution in [1.82, 2.24) is 0 Å².